The summed E-state index contributed by atoms with van der Waals surface area (Å²) in [4.78, 5) is 3.93. The fourth-order valence-electron chi connectivity index (χ4n) is 1.84. The first-order chi connectivity index (χ1) is 10.2. The highest BCUT2D eigenvalue weighted by Crippen LogP contribution is 2.33. The van der Waals surface area contributed by atoms with Crippen molar-refractivity contribution in [3.8, 4) is 17.6 Å². The van der Waals surface area contributed by atoms with E-state index in [9.17, 15) is 5.26 Å². The summed E-state index contributed by atoms with van der Waals surface area (Å²) < 4.78 is 10.4. The van der Waals surface area contributed by atoms with Crippen molar-refractivity contribution < 1.29 is 9.47 Å². The highest BCUT2D eigenvalue weighted by atomic mass is 35.5. The second-order valence-corrected chi connectivity index (χ2v) is 4.52. The van der Waals surface area contributed by atoms with E-state index in [1.54, 1.807) is 56.9 Å². The summed E-state index contributed by atoms with van der Waals surface area (Å²) >= 11 is 6.39. The average Bonchev–Trinajstić information content (AvgIpc) is 2.55. The third kappa shape index (κ3) is 3.33. The van der Waals surface area contributed by atoms with E-state index in [0.717, 1.165) is 0 Å². The molecule has 0 atom stereocenters. The molecule has 106 valence electrons. The Hall–Kier alpha value is -2.51. The highest BCUT2D eigenvalue weighted by Gasteiger charge is 2.12. The summed E-state index contributed by atoms with van der Waals surface area (Å²) in [6.45, 7) is 0. The SMILES string of the molecule is COc1cc(OC)cc(/C(Cl)=C(/C#N)c2ccncc2)c1. The van der Waals surface area contributed by atoms with E-state index in [1.807, 2.05) is 0 Å². The van der Waals surface area contributed by atoms with Crippen molar-refractivity contribution in [3.05, 3.63) is 53.9 Å². The lowest BCUT2D eigenvalue weighted by atomic mass is 10.0. The van der Waals surface area contributed by atoms with Crippen LogP contribution in [0.15, 0.2) is 42.7 Å². The van der Waals surface area contributed by atoms with Gasteiger partial charge in [-0.25, -0.2) is 0 Å². The first-order valence-corrected chi connectivity index (χ1v) is 6.51. The number of hydrogen-bond donors (Lipinski definition) is 0. The van der Waals surface area contributed by atoms with Gasteiger partial charge in [0, 0.05) is 24.0 Å². The van der Waals surface area contributed by atoms with Crippen LogP contribution in [-0.4, -0.2) is 19.2 Å². The molecule has 0 amide bonds. The third-order valence-electron chi connectivity index (χ3n) is 2.91. The van der Waals surface area contributed by atoms with Crippen molar-refractivity contribution in [2.24, 2.45) is 0 Å². The zero-order chi connectivity index (χ0) is 15.2. The van der Waals surface area contributed by atoms with Crippen LogP contribution in [0.25, 0.3) is 10.6 Å². The van der Waals surface area contributed by atoms with Crippen LogP contribution in [0.1, 0.15) is 11.1 Å². The first kappa shape index (κ1) is 14.9. The van der Waals surface area contributed by atoms with Crippen LogP contribution in [0.5, 0.6) is 11.5 Å². The number of hydrogen-bond acceptors (Lipinski definition) is 4. The molecule has 0 unspecified atom stereocenters. The number of benzene rings is 1. The molecule has 5 heteroatoms. The molecule has 4 nitrogen and oxygen atoms in total. The Kier molecular flexibility index (Phi) is 4.81. The van der Waals surface area contributed by atoms with Crippen LogP contribution >= 0.6 is 11.6 Å². The van der Waals surface area contributed by atoms with E-state index in [-0.39, 0.29) is 0 Å². The Balaban J connectivity index is 2.58. The summed E-state index contributed by atoms with van der Waals surface area (Å²) in [5.74, 6) is 1.21. The number of nitrogens with zero attached hydrogens (tertiary/aromatic N) is 2. The molecule has 0 fully saturated rings. The number of halogens is 1. The van der Waals surface area contributed by atoms with E-state index in [4.69, 9.17) is 21.1 Å². The molecular formula is C16H13ClN2O2. The van der Waals surface area contributed by atoms with Crippen molar-refractivity contribution in [2.45, 2.75) is 0 Å². The molecule has 0 aliphatic carbocycles. The third-order valence-corrected chi connectivity index (χ3v) is 3.31. The quantitative estimate of drug-likeness (QED) is 0.807. The Morgan fingerprint density at radius 3 is 2.10 bits per heavy atom. The van der Waals surface area contributed by atoms with Gasteiger partial charge in [0.25, 0.3) is 0 Å². The number of nitriles is 1. The number of allylic oxidation sites excluding steroid dienone is 1. The predicted molar refractivity (Wildman–Crippen MR) is 82.1 cm³/mol. The van der Waals surface area contributed by atoms with E-state index in [2.05, 4.69) is 11.1 Å². The molecule has 0 saturated carbocycles. The summed E-state index contributed by atoms with van der Waals surface area (Å²) in [6.07, 6.45) is 3.23. The van der Waals surface area contributed by atoms with Crippen molar-refractivity contribution >= 4 is 22.2 Å². The van der Waals surface area contributed by atoms with Crippen LogP contribution in [0.2, 0.25) is 0 Å². The molecule has 0 saturated heterocycles. The van der Waals surface area contributed by atoms with Crippen molar-refractivity contribution in [1.29, 1.82) is 5.26 Å². The monoisotopic (exact) mass is 300 g/mol. The normalized spacial score (nSPS) is 11.3. The number of rotatable bonds is 4. The summed E-state index contributed by atoms with van der Waals surface area (Å²) in [6, 6.07) is 10.8. The van der Waals surface area contributed by atoms with Crippen LogP contribution in [-0.2, 0) is 0 Å². The van der Waals surface area contributed by atoms with Crippen LogP contribution in [0.4, 0.5) is 0 Å². The molecule has 21 heavy (non-hydrogen) atoms. The van der Waals surface area contributed by atoms with Crippen LogP contribution < -0.4 is 9.47 Å². The lowest BCUT2D eigenvalue weighted by Crippen LogP contribution is -1.91. The molecular weight excluding hydrogens is 288 g/mol. The fraction of sp³-hybridized carbons (Fsp3) is 0.125. The maximum absolute atomic E-state index is 9.39. The van der Waals surface area contributed by atoms with Gasteiger partial charge in [-0.15, -0.1) is 0 Å². The highest BCUT2D eigenvalue weighted by molar-refractivity contribution is 6.53. The van der Waals surface area contributed by atoms with E-state index >= 15 is 0 Å². The molecule has 0 aliphatic rings. The van der Waals surface area contributed by atoms with Gasteiger partial charge in [-0.3, -0.25) is 4.98 Å². The van der Waals surface area contributed by atoms with Gasteiger partial charge >= 0.3 is 0 Å². The molecule has 1 heterocycles. The van der Waals surface area contributed by atoms with Crippen molar-refractivity contribution in [2.75, 3.05) is 14.2 Å². The smallest absolute Gasteiger partial charge is 0.123 e. The second kappa shape index (κ2) is 6.78. The van der Waals surface area contributed by atoms with Gasteiger partial charge < -0.3 is 9.47 Å². The summed E-state index contributed by atoms with van der Waals surface area (Å²) in [5.41, 5.74) is 1.73. The Labute approximate surface area is 128 Å². The fourth-order valence-corrected chi connectivity index (χ4v) is 2.10. The van der Waals surface area contributed by atoms with Gasteiger partial charge in [0.15, 0.2) is 0 Å². The molecule has 2 aromatic rings. The molecule has 0 spiro atoms. The number of ether oxygens (including phenoxy) is 2. The maximum Gasteiger partial charge on any atom is 0.123 e. The van der Waals surface area contributed by atoms with Gasteiger partial charge in [0.1, 0.15) is 17.6 Å². The molecule has 2 rings (SSSR count). The minimum atomic E-state index is 0.334. The van der Waals surface area contributed by atoms with Gasteiger partial charge in [-0.05, 0) is 29.8 Å². The lowest BCUT2D eigenvalue weighted by Gasteiger charge is -2.09. The standard InChI is InChI=1S/C16H13ClN2O2/c1-20-13-7-12(8-14(9-13)21-2)16(17)15(10-18)11-3-5-19-6-4-11/h3-9H,1-2H3/b16-15+. The molecule has 0 aliphatic heterocycles. The van der Waals surface area contributed by atoms with E-state index in [1.165, 1.54) is 0 Å². The van der Waals surface area contributed by atoms with Gasteiger partial charge in [0.05, 0.1) is 24.8 Å². The summed E-state index contributed by atoms with van der Waals surface area (Å²) in [7, 11) is 3.12. The largest absolute Gasteiger partial charge is 0.497 e. The van der Waals surface area contributed by atoms with Crippen LogP contribution in [0, 0.1) is 11.3 Å². The predicted octanol–water partition coefficient (Wildman–Crippen LogP) is 3.73. The van der Waals surface area contributed by atoms with Gasteiger partial charge in [-0.1, -0.05) is 11.6 Å². The zero-order valence-corrected chi connectivity index (χ0v) is 12.4. The van der Waals surface area contributed by atoms with E-state index < -0.39 is 0 Å². The van der Waals surface area contributed by atoms with E-state index in [0.29, 0.717) is 33.2 Å². The molecule has 1 aromatic carbocycles. The van der Waals surface area contributed by atoms with Crippen molar-refractivity contribution in [1.82, 2.24) is 4.98 Å². The Morgan fingerprint density at radius 2 is 1.62 bits per heavy atom. The Morgan fingerprint density at radius 1 is 1.05 bits per heavy atom. The molecule has 1 aromatic heterocycles. The minimum Gasteiger partial charge on any atom is -0.497 e. The minimum absolute atomic E-state index is 0.334. The molecule has 0 bridgehead atoms. The topological polar surface area (TPSA) is 55.1 Å². The Bertz CT molecular complexity index is 684. The number of pyridine rings is 1. The first-order valence-electron chi connectivity index (χ1n) is 6.13. The maximum atomic E-state index is 9.39. The molecule has 0 radical (unpaired) electrons. The van der Waals surface area contributed by atoms with Crippen LogP contribution in [0.3, 0.4) is 0 Å². The summed E-state index contributed by atoms with van der Waals surface area (Å²) in [5, 5.41) is 9.72. The van der Waals surface area contributed by atoms with Crippen molar-refractivity contribution in [3.63, 3.8) is 0 Å². The molecule has 0 N–H and O–H groups in total. The zero-order valence-electron chi connectivity index (χ0n) is 11.6. The lowest BCUT2D eigenvalue weighted by molar-refractivity contribution is 0.394. The number of aromatic nitrogens is 1. The number of methoxy groups -OCH3 is 2. The van der Waals surface area contributed by atoms with Gasteiger partial charge in [-0.2, -0.15) is 5.26 Å². The average molecular weight is 301 g/mol. The second-order valence-electron chi connectivity index (χ2n) is 4.14. The van der Waals surface area contributed by atoms with Gasteiger partial charge in [0.2, 0.25) is 0 Å².